The molecule has 0 heterocycles. The van der Waals surface area contributed by atoms with Gasteiger partial charge in [0.1, 0.15) is 9.92 Å². The molecule has 0 radical (unpaired) electrons. The summed E-state index contributed by atoms with van der Waals surface area (Å²) < 4.78 is 26.3. The Labute approximate surface area is 122 Å². The fourth-order valence-electron chi connectivity index (χ4n) is 2.14. The van der Waals surface area contributed by atoms with Crippen molar-refractivity contribution in [2.45, 2.75) is 37.1 Å². The van der Waals surface area contributed by atoms with Crippen LogP contribution in [0.25, 0.3) is 0 Å². The van der Waals surface area contributed by atoms with E-state index in [9.17, 15) is 18.5 Å². The van der Waals surface area contributed by atoms with E-state index in [-0.39, 0.29) is 21.6 Å². The predicted molar refractivity (Wildman–Crippen MR) is 75.4 cm³/mol. The van der Waals surface area contributed by atoms with Crippen molar-refractivity contribution in [3.05, 3.63) is 32.8 Å². The van der Waals surface area contributed by atoms with E-state index in [0.29, 0.717) is 5.56 Å². The first-order valence-corrected chi connectivity index (χ1v) is 7.99. The van der Waals surface area contributed by atoms with Crippen molar-refractivity contribution in [3.63, 3.8) is 0 Å². The van der Waals surface area contributed by atoms with Gasteiger partial charge in [0.2, 0.25) is 10.0 Å². The van der Waals surface area contributed by atoms with Crippen LogP contribution in [0.2, 0.25) is 5.02 Å². The van der Waals surface area contributed by atoms with Crippen molar-refractivity contribution in [2.75, 3.05) is 7.05 Å². The lowest BCUT2D eigenvalue weighted by molar-refractivity contribution is -0.385. The van der Waals surface area contributed by atoms with E-state index >= 15 is 0 Å². The Hall–Kier alpha value is -1.18. The van der Waals surface area contributed by atoms with Gasteiger partial charge >= 0.3 is 0 Å². The first-order chi connectivity index (χ1) is 9.25. The molecule has 0 unspecified atom stereocenters. The molecule has 2 rings (SSSR count). The maximum Gasteiger partial charge on any atom is 0.289 e. The largest absolute Gasteiger partial charge is 0.289 e. The Morgan fingerprint density at radius 1 is 1.40 bits per heavy atom. The van der Waals surface area contributed by atoms with Gasteiger partial charge in [0.25, 0.3) is 5.69 Å². The lowest BCUT2D eigenvalue weighted by atomic mass is 9.94. The quantitative estimate of drug-likeness (QED) is 0.631. The van der Waals surface area contributed by atoms with Crippen LogP contribution >= 0.6 is 11.6 Å². The van der Waals surface area contributed by atoms with Crippen molar-refractivity contribution in [2.24, 2.45) is 0 Å². The van der Waals surface area contributed by atoms with Gasteiger partial charge in [-0.05, 0) is 31.4 Å². The number of benzene rings is 1. The highest BCUT2D eigenvalue weighted by molar-refractivity contribution is 7.89. The Balaban J connectivity index is 2.53. The molecule has 20 heavy (non-hydrogen) atoms. The normalized spacial score (nSPS) is 16.2. The summed E-state index contributed by atoms with van der Waals surface area (Å²) in [7, 11) is -2.32. The molecule has 6 nitrogen and oxygen atoms in total. The second kappa shape index (κ2) is 5.31. The molecule has 0 aromatic heterocycles. The van der Waals surface area contributed by atoms with Crippen molar-refractivity contribution in [1.29, 1.82) is 0 Å². The SMILES string of the molecule is Cc1cc([N+](=O)[O-])c(Cl)c(S(=O)(=O)N(C)C2CCC2)c1. The number of hydrogen-bond acceptors (Lipinski definition) is 4. The predicted octanol–water partition coefficient (Wildman–Crippen LogP) is 2.73. The molecule has 1 aliphatic rings. The Kier molecular flexibility index (Phi) is 4.04. The lowest BCUT2D eigenvalue weighted by Gasteiger charge is -2.33. The number of nitro benzene ring substituents is 1. The highest BCUT2D eigenvalue weighted by atomic mass is 35.5. The molecule has 0 amide bonds. The number of rotatable bonds is 4. The molecular formula is C12H15ClN2O4S. The second-order valence-corrected chi connectivity index (χ2v) is 7.30. The molecule has 0 N–H and O–H groups in total. The van der Waals surface area contributed by atoms with Gasteiger partial charge in [-0.25, -0.2) is 8.42 Å². The fourth-order valence-corrected chi connectivity index (χ4v) is 4.19. The van der Waals surface area contributed by atoms with E-state index < -0.39 is 14.9 Å². The summed E-state index contributed by atoms with van der Waals surface area (Å²) in [6, 6.07) is 2.60. The molecule has 1 fully saturated rings. The molecular weight excluding hydrogens is 304 g/mol. The summed E-state index contributed by atoms with van der Waals surface area (Å²) in [5, 5.41) is 10.6. The molecule has 1 aromatic carbocycles. The number of nitro groups is 1. The maximum atomic E-state index is 12.5. The summed E-state index contributed by atoms with van der Waals surface area (Å²) in [4.78, 5) is 10.1. The van der Waals surface area contributed by atoms with Gasteiger partial charge in [0.15, 0.2) is 0 Å². The third-order valence-corrected chi connectivity index (χ3v) is 6.05. The average Bonchev–Trinajstić information content (AvgIpc) is 2.28. The van der Waals surface area contributed by atoms with Crippen molar-refractivity contribution < 1.29 is 13.3 Å². The van der Waals surface area contributed by atoms with Gasteiger partial charge < -0.3 is 0 Å². The maximum absolute atomic E-state index is 12.5. The molecule has 0 saturated heterocycles. The number of hydrogen-bond donors (Lipinski definition) is 0. The molecule has 0 spiro atoms. The number of aryl methyl sites for hydroxylation is 1. The van der Waals surface area contributed by atoms with Gasteiger partial charge in [-0.1, -0.05) is 18.0 Å². The summed E-state index contributed by atoms with van der Waals surface area (Å²) in [5.74, 6) is 0. The van der Waals surface area contributed by atoms with Crippen molar-refractivity contribution in [3.8, 4) is 0 Å². The second-order valence-electron chi connectivity index (χ2n) is 4.96. The molecule has 0 bridgehead atoms. The van der Waals surface area contributed by atoms with Crippen LogP contribution in [0.4, 0.5) is 5.69 Å². The molecule has 8 heteroatoms. The van der Waals surface area contributed by atoms with Crippen LogP contribution in [0, 0.1) is 17.0 Å². The van der Waals surface area contributed by atoms with Crippen molar-refractivity contribution in [1.82, 2.24) is 4.31 Å². The zero-order valence-electron chi connectivity index (χ0n) is 11.2. The van der Waals surface area contributed by atoms with Crippen LogP contribution < -0.4 is 0 Å². The van der Waals surface area contributed by atoms with E-state index in [2.05, 4.69) is 0 Å². The van der Waals surface area contributed by atoms with Gasteiger partial charge in [0, 0.05) is 19.2 Å². The van der Waals surface area contributed by atoms with E-state index in [1.165, 1.54) is 23.5 Å². The van der Waals surface area contributed by atoms with E-state index in [0.717, 1.165) is 19.3 Å². The Bertz CT molecular complexity index is 656. The first kappa shape index (κ1) is 15.2. The number of nitrogens with zero attached hydrogens (tertiary/aromatic N) is 2. The minimum atomic E-state index is -3.81. The van der Waals surface area contributed by atoms with Gasteiger partial charge in [0.05, 0.1) is 4.92 Å². The van der Waals surface area contributed by atoms with Crippen LogP contribution in [0.15, 0.2) is 17.0 Å². The smallest absolute Gasteiger partial charge is 0.258 e. The minimum Gasteiger partial charge on any atom is -0.258 e. The van der Waals surface area contributed by atoms with Crippen LogP contribution in [0.1, 0.15) is 24.8 Å². The lowest BCUT2D eigenvalue weighted by Crippen LogP contribution is -2.41. The standard InChI is InChI=1S/C12H15ClN2O4S/c1-8-6-10(15(16)17)12(13)11(7-8)20(18,19)14(2)9-4-3-5-9/h6-7,9H,3-5H2,1-2H3. The Morgan fingerprint density at radius 3 is 2.45 bits per heavy atom. The van der Waals surface area contributed by atoms with Crippen LogP contribution in [0.5, 0.6) is 0 Å². The summed E-state index contributed by atoms with van der Waals surface area (Å²) in [6.07, 6.45) is 2.61. The number of halogens is 1. The van der Waals surface area contributed by atoms with Crippen LogP contribution in [0.3, 0.4) is 0 Å². The summed E-state index contributed by atoms with van der Waals surface area (Å²) in [6.45, 7) is 1.60. The van der Waals surface area contributed by atoms with Gasteiger partial charge in [-0.2, -0.15) is 4.31 Å². The molecule has 0 atom stereocenters. The molecule has 110 valence electrons. The minimum absolute atomic E-state index is 0.0457. The average molecular weight is 319 g/mol. The topological polar surface area (TPSA) is 80.5 Å². The third kappa shape index (κ3) is 2.53. The summed E-state index contributed by atoms with van der Waals surface area (Å²) >= 11 is 5.92. The molecule has 0 aliphatic heterocycles. The van der Waals surface area contributed by atoms with Crippen LogP contribution in [-0.4, -0.2) is 30.7 Å². The third-order valence-electron chi connectivity index (χ3n) is 3.61. The van der Waals surface area contributed by atoms with Crippen LogP contribution in [-0.2, 0) is 10.0 Å². The zero-order chi connectivity index (χ0) is 15.1. The first-order valence-electron chi connectivity index (χ1n) is 6.17. The molecule has 1 aliphatic carbocycles. The molecule has 1 aromatic rings. The van der Waals surface area contributed by atoms with Crippen molar-refractivity contribution >= 4 is 27.3 Å². The van der Waals surface area contributed by atoms with E-state index in [1.807, 2.05) is 0 Å². The van der Waals surface area contributed by atoms with E-state index in [1.54, 1.807) is 6.92 Å². The van der Waals surface area contributed by atoms with E-state index in [4.69, 9.17) is 11.6 Å². The fraction of sp³-hybridized carbons (Fsp3) is 0.500. The highest BCUT2D eigenvalue weighted by Crippen LogP contribution is 2.36. The Morgan fingerprint density at radius 2 is 2.00 bits per heavy atom. The van der Waals surface area contributed by atoms with Gasteiger partial charge in [-0.3, -0.25) is 10.1 Å². The highest BCUT2D eigenvalue weighted by Gasteiger charge is 2.35. The van der Waals surface area contributed by atoms with Gasteiger partial charge in [-0.15, -0.1) is 0 Å². The monoisotopic (exact) mass is 318 g/mol. The molecule has 1 saturated carbocycles. The zero-order valence-corrected chi connectivity index (χ0v) is 12.7. The number of sulfonamides is 1. The summed E-state index contributed by atoms with van der Waals surface area (Å²) in [5.41, 5.74) is 0.105.